The van der Waals surface area contributed by atoms with Crippen molar-refractivity contribution in [2.45, 2.75) is 19.3 Å². The van der Waals surface area contributed by atoms with E-state index in [2.05, 4.69) is 5.32 Å². The number of carbonyl (C=O) groups is 1. The van der Waals surface area contributed by atoms with Gasteiger partial charge in [0.15, 0.2) is 5.78 Å². The van der Waals surface area contributed by atoms with E-state index in [-0.39, 0.29) is 5.78 Å². The number of halogens is 1. The fourth-order valence-corrected chi connectivity index (χ4v) is 2.42. The van der Waals surface area contributed by atoms with Crippen molar-refractivity contribution >= 4 is 28.8 Å². The summed E-state index contributed by atoms with van der Waals surface area (Å²) >= 11 is 6.16. The average Bonchev–Trinajstić information content (AvgIpc) is 2.35. The summed E-state index contributed by atoms with van der Waals surface area (Å²) in [4.78, 5) is 12.0. The summed E-state index contributed by atoms with van der Waals surface area (Å²) < 4.78 is 0. The maximum atomic E-state index is 12.0. The number of Topliss-reactive ketones (excluding diaryl/α,β-unsaturated/α-hetero) is 1. The summed E-state index contributed by atoms with van der Waals surface area (Å²) in [6.45, 7) is 0. The molecule has 1 aromatic carbocycles. The third-order valence-electron chi connectivity index (χ3n) is 3.05. The minimum absolute atomic E-state index is 0.0236. The van der Waals surface area contributed by atoms with Gasteiger partial charge >= 0.3 is 0 Å². The van der Waals surface area contributed by atoms with Crippen LogP contribution in [-0.4, -0.2) is 18.5 Å². The van der Waals surface area contributed by atoms with Gasteiger partial charge < -0.3 is 10.7 Å². The van der Waals surface area contributed by atoms with Gasteiger partial charge in [0.25, 0.3) is 0 Å². The number of allylic oxidation sites excluding steroid dienone is 1. The molecule has 1 aromatic rings. The standard InChI is InChI=1S/C14H15ClN2O/c1-17-14(9-5-2-3-6-10(9)15)13-11(16)7-4-8-12(13)18/h2-3,5-6,16-17H,4,7-8H2,1H3/b14-13+,16-11?. The van der Waals surface area contributed by atoms with Gasteiger partial charge in [-0.05, 0) is 18.9 Å². The highest BCUT2D eigenvalue weighted by Crippen LogP contribution is 2.28. The van der Waals surface area contributed by atoms with E-state index in [0.717, 1.165) is 12.0 Å². The SMILES string of the molecule is CN/C(=C1\C(=N)CCCC1=O)c1ccccc1Cl. The lowest BCUT2D eigenvalue weighted by Crippen LogP contribution is -2.23. The lowest BCUT2D eigenvalue weighted by molar-refractivity contribution is -0.115. The van der Waals surface area contributed by atoms with Crippen LogP contribution >= 0.6 is 11.6 Å². The second-order valence-electron chi connectivity index (χ2n) is 4.24. The predicted molar refractivity (Wildman–Crippen MR) is 74.0 cm³/mol. The summed E-state index contributed by atoms with van der Waals surface area (Å²) in [6.07, 6.45) is 1.92. The molecule has 1 fully saturated rings. The minimum atomic E-state index is 0.0236. The number of hydrogen-bond acceptors (Lipinski definition) is 3. The highest BCUT2D eigenvalue weighted by molar-refractivity contribution is 6.34. The molecule has 1 saturated carbocycles. The molecule has 0 unspecified atom stereocenters. The Morgan fingerprint density at radius 1 is 1.33 bits per heavy atom. The van der Waals surface area contributed by atoms with Gasteiger partial charge in [0.2, 0.25) is 0 Å². The molecule has 94 valence electrons. The van der Waals surface area contributed by atoms with E-state index in [9.17, 15) is 4.79 Å². The molecule has 0 spiro atoms. The Morgan fingerprint density at radius 3 is 2.67 bits per heavy atom. The summed E-state index contributed by atoms with van der Waals surface area (Å²) in [5, 5.41) is 11.6. The zero-order chi connectivity index (χ0) is 13.1. The molecule has 0 heterocycles. The number of rotatable bonds is 2. The van der Waals surface area contributed by atoms with Crippen molar-refractivity contribution in [3.63, 3.8) is 0 Å². The first-order chi connectivity index (χ1) is 8.65. The van der Waals surface area contributed by atoms with Crippen molar-refractivity contribution in [1.29, 1.82) is 5.41 Å². The average molecular weight is 263 g/mol. The largest absolute Gasteiger partial charge is 0.387 e. The van der Waals surface area contributed by atoms with Crippen molar-refractivity contribution < 1.29 is 4.79 Å². The monoisotopic (exact) mass is 262 g/mol. The molecular formula is C14H15ClN2O. The normalized spacial score (nSPS) is 18.8. The topological polar surface area (TPSA) is 53.0 Å². The van der Waals surface area contributed by atoms with Gasteiger partial charge in [0.1, 0.15) is 0 Å². The van der Waals surface area contributed by atoms with Crippen LogP contribution in [0.5, 0.6) is 0 Å². The molecule has 0 aromatic heterocycles. The van der Waals surface area contributed by atoms with Crippen molar-refractivity contribution in [3.8, 4) is 0 Å². The van der Waals surface area contributed by atoms with Crippen LogP contribution in [0.25, 0.3) is 5.70 Å². The van der Waals surface area contributed by atoms with Gasteiger partial charge in [0, 0.05) is 29.8 Å². The highest BCUT2D eigenvalue weighted by Gasteiger charge is 2.25. The zero-order valence-corrected chi connectivity index (χ0v) is 11.0. The van der Waals surface area contributed by atoms with Crippen LogP contribution in [0, 0.1) is 5.41 Å². The summed E-state index contributed by atoms with van der Waals surface area (Å²) in [5.74, 6) is 0.0236. The first-order valence-electron chi connectivity index (χ1n) is 5.93. The lowest BCUT2D eigenvalue weighted by atomic mass is 9.88. The number of nitrogens with one attached hydrogen (secondary N) is 2. The van der Waals surface area contributed by atoms with Crippen LogP contribution in [0.15, 0.2) is 29.8 Å². The quantitative estimate of drug-likeness (QED) is 0.805. The van der Waals surface area contributed by atoms with E-state index in [1.165, 1.54) is 0 Å². The fraction of sp³-hybridized carbons (Fsp3) is 0.286. The zero-order valence-electron chi connectivity index (χ0n) is 10.2. The van der Waals surface area contributed by atoms with Gasteiger partial charge in [-0.25, -0.2) is 0 Å². The van der Waals surface area contributed by atoms with Gasteiger partial charge in [-0.3, -0.25) is 4.79 Å². The molecule has 0 radical (unpaired) electrons. The van der Waals surface area contributed by atoms with E-state index in [0.29, 0.717) is 34.8 Å². The van der Waals surface area contributed by atoms with Crippen LogP contribution in [0.2, 0.25) is 5.02 Å². The van der Waals surface area contributed by atoms with E-state index in [1.54, 1.807) is 13.1 Å². The number of hydrogen-bond donors (Lipinski definition) is 2. The van der Waals surface area contributed by atoms with Gasteiger partial charge in [-0.15, -0.1) is 0 Å². The van der Waals surface area contributed by atoms with Gasteiger partial charge in [-0.1, -0.05) is 29.8 Å². The van der Waals surface area contributed by atoms with Crippen LogP contribution in [0.1, 0.15) is 24.8 Å². The molecule has 1 aliphatic carbocycles. The smallest absolute Gasteiger partial charge is 0.166 e. The van der Waals surface area contributed by atoms with E-state index >= 15 is 0 Å². The minimum Gasteiger partial charge on any atom is -0.387 e. The molecule has 2 rings (SSSR count). The first-order valence-corrected chi connectivity index (χ1v) is 6.31. The molecule has 4 heteroatoms. The third-order valence-corrected chi connectivity index (χ3v) is 3.38. The molecule has 0 atom stereocenters. The van der Waals surface area contributed by atoms with Gasteiger partial charge in [0.05, 0.1) is 11.3 Å². The predicted octanol–water partition coefficient (Wildman–Crippen LogP) is 3.04. The Kier molecular flexibility index (Phi) is 3.82. The Labute approximate surface area is 111 Å². The molecular weight excluding hydrogens is 248 g/mol. The van der Waals surface area contributed by atoms with Crippen LogP contribution in [0.3, 0.4) is 0 Å². The Hall–Kier alpha value is -1.61. The number of ketones is 1. The third kappa shape index (κ3) is 2.31. The highest BCUT2D eigenvalue weighted by atomic mass is 35.5. The molecule has 0 saturated heterocycles. The Bertz CT molecular complexity index is 516. The van der Waals surface area contributed by atoms with E-state index in [1.807, 2.05) is 18.2 Å². The summed E-state index contributed by atoms with van der Waals surface area (Å²) in [6, 6.07) is 7.36. The fourth-order valence-electron chi connectivity index (χ4n) is 2.19. The van der Waals surface area contributed by atoms with Crippen LogP contribution in [-0.2, 0) is 4.79 Å². The maximum absolute atomic E-state index is 12.0. The van der Waals surface area contributed by atoms with Crippen molar-refractivity contribution in [3.05, 3.63) is 40.4 Å². The molecule has 0 aliphatic heterocycles. The van der Waals surface area contributed by atoms with E-state index in [4.69, 9.17) is 17.0 Å². The number of benzene rings is 1. The van der Waals surface area contributed by atoms with Crippen molar-refractivity contribution in [2.75, 3.05) is 7.05 Å². The van der Waals surface area contributed by atoms with Crippen molar-refractivity contribution in [1.82, 2.24) is 5.32 Å². The molecule has 2 N–H and O–H groups in total. The molecule has 3 nitrogen and oxygen atoms in total. The second kappa shape index (κ2) is 5.36. The second-order valence-corrected chi connectivity index (χ2v) is 4.64. The lowest BCUT2D eigenvalue weighted by Gasteiger charge is -2.20. The van der Waals surface area contributed by atoms with Gasteiger partial charge in [-0.2, -0.15) is 0 Å². The Morgan fingerprint density at radius 2 is 2.06 bits per heavy atom. The maximum Gasteiger partial charge on any atom is 0.166 e. The summed E-state index contributed by atoms with van der Waals surface area (Å²) in [7, 11) is 1.75. The van der Waals surface area contributed by atoms with Crippen LogP contribution < -0.4 is 5.32 Å². The molecule has 0 amide bonds. The first kappa shape index (κ1) is 12.8. The molecule has 18 heavy (non-hydrogen) atoms. The van der Waals surface area contributed by atoms with Crippen LogP contribution in [0.4, 0.5) is 0 Å². The summed E-state index contributed by atoms with van der Waals surface area (Å²) in [5.41, 5.74) is 2.32. The Balaban J connectivity index is 2.59. The number of carbonyl (C=O) groups excluding carboxylic acids is 1. The molecule has 0 bridgehead atoms. The van der Waals surface area contributed by atoms with Crippen molar-refractivity contribution in [2.24, 2.45) is 0 Å². The van der Waals surface area contributed by atoms with E-state index < -0.39 is 0 Å². The molecule has 1 aliphatic rings.